The lowest BCUT2D eigenvalue weighted by atomic mass is 9.97. The number of methoxy groups -OCH3 is 1. The number of nitrogens with one attached hydrogen (secondary N) is 1. The van der Waals surface area contributed by atoms with Crippen molar-refractivity contribution in [2.75, 3.05) is 20.2 Å². The number of carbonyl (C=O) groups excluding carboxylic acids is 1. The Balaban J connectivity index is 1.53. The standard InChI is InChI=1S/C21H25FN2O4S/c1-28-15-17-4-2-3-16(13-17)14-23-21(25)18-9-11-24(12-10-18)29(26,27)20-7-5-19(22)6-8-20/h2-8,13,18H,9-12,14-15H2,1H3,(H,23,25). The van der Waals surface area contributed by atoms with Crippen LogP contribution in [0.5, 0.6) is 0 Å². The monoisotopic (exact) mass is 420 g/mol. The molecule has 0 atom stereocenters. The van der Waals surface area contributed by atoms with Gasteiger partial charge >= 0.3 is 0 Å². The van der Waals surface area contributed by atoms with E-state index in [9.17, 15) is 17.6 Å². The van der Waals surface area contributed by atoms with Crippen molar-refractivity contribution in [1.29, 1.82) is 0 Å². The number of carbonyl (C=O) groups is 1. The van der Waals surface area contributed by atoms with Crippen molar-refractivity contribution in [3.05, 3.63) is 65.5 Å². The van der Waals surface area contributed by atoms with E-state index in [2.05, 4.69) is 5.32 Å². The molecule has 1 amide bonds. The van der Waals surface area contributed by atoms with E-state index in [0.717, 1.165) is 23.3 Å². The van der Waals surface area contributed by atoms with Crippen LogP contribution < -0.4 is 5.32 Å². The molecule has 0 radical (unpaired) electrons. The van der Waals surface area contributed by atoms with Crippen molar-refractivity contribution in [3.63, 3.8) is 0 Å². The number of piperidine rings is 1. The smallest absolute Gasteiger partial charge is 0.243 e. The van der Waals surface area contributed by atoms with Gasteiger partial charge in [-0.05, 0) is 48.2 Å². The normalized spacial score (nSPS) is 15.9. The molecule has 0 bridgehead atoms. The molecule has 1 saturated heterocycles. The van der Waals surface area contributed by atoms with Crippen molar-refractivity contribution in [1.82, 2.24) is 9.62 Å². The minimum absolute atomic E-state index is 0.0674. The third-order valence-electron chi connectivity index (χ3n) is 5.05. The van der Waals surface area contributed by atoms with Crippen LogP contribution in [0.3, 0.4) is 0 Å². The average molecular weight is 421 g/mol. The zero-order valence-electron chi connectivity index (χ0n) is 16.3. The highest BCUT2D eigenvalue weighted by Crippen LogP contribution is 2.24. The Labute approximate surface area is 170 Å². The van der Waals surface area contributed by atoms with Gasteiger partial charge in [-0.3, -0.25) is 4.79 Å². The van der Waals surface area contributed by atoms with Crippen LogP contribution >= 0.6 is 0 Å². The minimum atomic E-state index is -3.67. The van der Waals surface area contributed by atoms with Crippen LogP contribution in [0.15, 0.2) is 53.4 Å². The lowest BCUT2D eigenvalue weighted by Crippen LogP contribution is -2.42. The number of halogens is 1. The maximum absolute atomic E-state index is 13.1. The molecule has 1 heterocycles. The summed E-state index contributed by atoms with van der Waals surface area (Å²) in [7, 11) is -2.03. The summed E-state index contributed by atoms with van der Waals surface area (Å²) in [6, 6.07) is 12.6. The third-order valence-corrected chi connectivity index (χ3v) is 6.96. The molecule has 0 aliphatic carbocycles. The van der Waals surface area contributed by atoms with Gasteiger partial charge in [0.1, 0.15) is 5.82 Å². The van der Waals surface area contributed by atoms with Crippen LogP contribution in [-0.4, -0.2) is 38.8 Å². The van der Waals surface area contributed by atoms with E-state index in [1.54, 1.807) is 7.11 Å². The van der Waals surface area contributed by atoms with E-state index in [1.165, 1.54) is 16.4 Å². The molecule has 0 spiro atoms. The first-order chi connectivity index (χ1) is 13.9. The molecule has 0 unspecified atom stereocenters. The summed E-state index contributed by atoms with van der Waals surface area (Å²) >= 11 is 0. The highest BCUT2D eigenvalue weighted by Gasteiger charge is 2.32. The number of nitrogens with zero attached hydrogens (tertiary/aromatic N) is 1. The summed E-state index contributed by atoms with van der Waals surface area (Å²) in [6.07, 6.45) is 0.909. The average Bonchev–Trinajstić information content (AvgIpc) is 2.73. The SMILES string of the molecule is COCc1cccc(CNC(=O)C2CCN(S(=O)(=O)c3ccc(F)cc3)CC2)c1. The summed E-state index contributed by atoms with van der Waals surface area (Å²) in [5.41, 5.74) is 2.03. The number of sulfonamides is 1. The highest BCUT2D eigenvalue weighted by molar-refractivity contribution is 7.89. The van der Waals surface area contributed by atoms with E-state index in [0.29, 0.717) is 26.0 Å². The molecule has 3 rings (SSSR count). The maximum Gasteiger partial charge on any atom is 0.243 e. The quantitative estimate of drug-likeness (QED) is 0.747. The first-order valence-corrected chi connectivity index (χ1v) is 10.9. The van der Waals surface area contributed by atoms with Crippen LogP contribution in [-0.2, 0) is 32.7 Å². The van der Waals surface area contributed by atoms with Crippen molar-refractivity contribution in [3.8, 4) is 0 Å². The van der Waals surface area contributed by atoms with Crippen molar-refractivity contribution < 1.29 is 22.3 Å². The molecule has 6 nitrogen and oxygen atoms in total. The number of ether oxygens (including phenoxy) is 1. The van der Waals surface area contributed by atoms with Gasteiger partial charge < -0.3 is 10.1 Å². The van der Waals surface area contributed by atoms with E-state index in [4.69, 9.17) is 4.74 Å². The molecule has 1 N–H and O–H groups in total. The van der Waals surface area contributed by atoms with Gasteiger partial charge in [0.2, 0.25) is 15.9 Å². The molecule has 0 aromatic heterocycles. The second-order valence-electron chi connectivity index (χ2n) is 7.10. The molecular formula is C21H25FN2O4S. The largest absolute Gasteiger partial charge is 0.380 e. The third kappa shape index (κ3) is 5.41. The number of rotatable bonds is 7. The summed E-state index contributed by atoms with van der Waals surface area (Å²) in [6.45, 7) is 1.47. The summed E-state index contributed by atoms with van der Waals surface area (Å²) < 4.78 is 44.9. The van der Waals surface area contributed by atoms with Gasteiger partial charge in [-0.25, -0.2) is 12.8 Å². The fraction of sp³-hybridized carbons (Fsp3) is 0.381. The van der Waals surface area contributed by atoms with Crippen molar-refractivity contribution >= 4 is 15.9 Å². The maximum atomic E-state index is 13.1. The second-order valence-corrected chi connectivity index (χ2v) is 9.04. The Morgan fingerprint density at radius 2 is 1.79 bits per heavy atom. The van der Waals surface area contributed by atoms with Gasteiger partial charge in [-0.15, -0.1) is 0 Å². The fourth-order valence-corrected chi connectivity index (χ4v) is 4.91. The molecule has 156 valence electrons. The van der Waals surface area contributed by atoms with Gasteiger partial charge in [-0.2, -0.15) is 4.31 Å². The zero-order valence-corrected chi connectivity index (χ0v) is 17.1. The molecule has 29 heavy (non-hydrogen) atoms. The van der Waals surface area contributed by atoms with Crippen molar-refractivity contribution in [2.24, 2.45) is 5.92 Å². The topological polar surface area (TPSA) is 75.7 Å². The minimum Gasteiger partial charge on any atom is -0.380 e. The summed E-state index contributed by atoms with van der Waals surface area (Å²) in [5, 5.41) is 2.94. The first kappa shape index (κ1) is 21.4. The van der Waals surface area contributed by atoms with Crippen LogP contribution in [0.2, 0.25) is 0 Å². The molecule has 0 saturated carbocycles. The molecule has 2 aromatic rings. The lowest BCUT2D eigenvalue weighted by molar-refractivity contribution is -0.126. The predicted octanol–water partition coefficient (Wildman–Crippen LogP) is 2.69. The Morgan fingerprint density at radius 3 is 2.45 bits per heavy atom. The summed E-state index contributed by atoms with van der Waals surface area (Å²) in [5.74, 6) is -0.773. The van der Waals surface area contributed by atoms with E-state index < -0.39 is 15.8 Å². The predicted molar refractivity (Wildman–Crippen MR) is 107 cm³/mol. The zero-order chi connectivity index (χ0) is 20.9. The van der Waals surface area contributed by atoms with Crippen LogP contribution in [0.25, 0.3) is 0 Å². The lowest BCUT2D eigenvalue weighted by Gasteiger charge is -2.30. The number of hydrogen-bond donors (Lipinski definition) is 1. The van der Waals surface area contributed by atoms with E-state index in [-0.39, 0.29) is 29.8 Å². The Kier molecular flexibility index (Phi) is 7.00. The van der Waals surface area contributed by atoms with Crippen molar-refractivity contribution in [2.45, 2.75) is 30.9 Å². The first-order valence-electron chi connectivity index (χ1n) is 9.50. The Bertz CT molecular complexity index is 939. The van der Waals surface area contributed by atoms with Gasteiger partial charge in [0.25, 0.3) is 0 Å². The van der Waals surface area contributed by atoms with Crippen LogP contribution in [0.1, 0.15) is 24.0 Å². The van der Waals surface area contributed by atoms with E-state index in [1.807, 2.05) is 24.3 Å². The number of hydrogen-bond acceptors (Lipinski definition) is 4. The summed E-state index contributed by atoms with van der Waals surface area (Å²) in [4.78, 5) is 12.6. The number of benzene rings is 2. The molecular weight excluding hydrogens is 395 g/mol. The fourth-order valence-electron chi connectivity index (χ4n) is 3.44. The van der Waals surface area contributed by atoms with Gasteiger partial charge in [-0.1, -0.05) is 24.3 Å². The second kappa shape index (κ2) is 9.47. The van der Waals surface area contributed by atoms with Crippen LogP contribution in [0, 0.1) is 11.7 Å². The van der Waals surface area contributed by atoms with Gasteiger partial charge in [0.15, 0.2) is 0 Å². The highest BCUT2D eigenvalue weighted by atomic mass is 32.2. The van der Waals surface area contributed by atoms with E-state index >= 15 is 0 Å². The van der Waals surface area contributed by atoms with Gasteiger partial charge in [0.05, 0.1) is 11.5 Å². The molecule has 2 aromatic carbocycles. The van der Waals surface area contributed by atoms with Gasteiger partial charge in [0, 0.05) is 32.7 Å². The Hall–Kier alpha value is -2.29. The molecule has 1 fully saturated rings. The molecule has 8 heteroatoms. The number of amides is 1. The molecule has 1 aliphatic heterocycles. The Morgan fingerprint density at radius 1 is 1.14 bits per heavy atom. The molecule has 1 aliphatic rings. The van der Waals surface area contributed by atoms with Crippen LogP contribution in [0.4, 0.5) is 4.39 Å².